The third kappa shape index (κ3) is 4.19. The Kier molecular flexibility index (Phi) is 6.19. The van der Waals surface area contributed by atoms with Gasteiger partial charge in [0.25, 0.3) is 0 Å². The number of rotatable bonds is 7. The molecule has 0 bridgehead atoms. The summed E-state index contributed by atoms with van der Waals surface area (Å²) in [6, 6.07) is 9.63. The first kappa shape index (κ1) is 16.7. The van der Waals surface area contributed by atoms with Gasteiger partial charge in [-0.3, -0.25) is 4.98 Å². The zero-order chi connectivity index (χ0) is 15.9. The predicted octanol–water partition coefficient (Wildman–Crippen LogP) is 4.86. The molecule has 0 fully saturated rings. The minimum absolute atomic E-state index is 0.425. The number of nitrogens with one attached hydrogen (secondary N) is 1. The lowest BCUT2D eigenvalue weighted by atomic mass is 10.2. The lowest BCUT2D eigenvalue weighted by Gasteiger charge is -2.17. The number of aryl methyl sites for hydroxylation is 1. The standard InChI is InChI=1S/C17H21ClN2O2/c1-4-21-17(22-5-2)15-10-9-13(11-19-15)20-16-12(3)7-6-8-14(16)18/h6-11,17,20H,4-5H2,1-3H3. The molecule has 0 saturated carbocycles. The summed E-state index contributed by atoms with van der Waals surface area (Å²) in [4.78, 5) is 4.42. The van der Waals surface area contributed by atoms with Gasteiger partial charge in [-0.05, 0) is 44.5 Å². The van der Waals surface area contributed by atoms with Crippen LogP contribution in [0.1, 0.15) is 31.4 Å². The smallest absolute Gasteiger partial charge is 0.201 e. The van der Waals surface area contributed by atoms with Crippen molar-refractivity contribution in [2.24, 2.45) is 0 Å². The molecule has 1 aromatic heterocycles. The Balaban J connectivity index is 2.14. The Morgan fingerprint density at radius 2 is 1.86 bits per heavy atom. The average Bonchev–Trinajstić information content (AvgIpc) is 2.52. The highest BCUT2D eigenvalue weighted by molar-refractivity contribution is 6.33. The van der Waals surface area contributed by atoms with Gasteiger partial charge >= 0.3 is 0 Å². The average molecular weight is 321 g/mol. The molecule has 1 heterocycles. The van der Waals surface area contributed by atoms with Crippen molar-refractivity contribution < 1.29 is 9.47 Å². The second-order valence-corrected chi connectivity index (χ2v) is 5.18. The summed E-state index contributed by atoms with van der Waals surface area (Å²) in [7, 11) is 0. The van der Waals surface area contributed by atoms with E-state index in [1.165, 1.54) is 0 Å². The minimum atomic E-state index is -0.425. The van der Waals surface area contributed by atoms with Crippen molar-refractivity contribution in [2.75, 3.05) is 18.5 Å². The van der Waals surface area contributed by atoms with Crippen LogP contribution in [0.25, 0.3) is 0 Å². The SMILES string of the molecule is CCOC(OCC)c1ccc(Nc2c(C)cccc2Cl)cn1. The Bertz CT molecular complexity index is 576. The molecular weight excluding hydrogens is 300 g/mol. The van der Waals surface area contributed by atoms with Crippen LogP contribution in [0.15, 0.2) is 36.5 Å². The second kappa shape index (κ2) is 8.13. The summed E-state index contributed by atoms with van der Waals surface area (Å²) in [5.74, 6) is 0. The van der Waals surface area contributed by atoms with E-state index >= 15 is 0 Å². The van der Waals surface area contributed by atoms with Gasteiger partial charge < -0.3 is 14.8 Å². The number of hydrogen-bond acceptors (Lipinski definition) is 4. The molecule has 4 nitrogen and oxygen atoms in total. The van der Waals surface area contributed by atoms with E-state index in [-0.39, 0.29) is 0 Å². The Labute approximate surface area is 136 Å². The van der Waals surface area contributed by atoms with E-state index in [1.807, 2.05) is 51.1 Å². The lowest BCUT2D eigenvalue weighted by molar-refractivity contribution is -0.142. The number of para-hydroxylation sites is 1. The Morgan fingerprint density at radius 3 is 2.41 bits per heavy atom. The molecule has 0 aliphatic heterocycles. The number of hydrogen-bond donors (Lipinski definition) is 1. The fourth-order valence-electron chi connectivity index (χ4n) is 2.07. The maximum absolute atomic E-state index is 6.22. The van der Waals surface area contributed by atoms with Gasteiger partial charge in [0.15, 0.2) is 0 Å². The highest BCUT2D eigenvalue weighted by Gasteiger charge is 2.13. The maximum Gasteiger partial charge on any atom is 0.201 e. The van der Waals surface area contributed by atoms with Crippen molar-refractivity contribution in [1.29, 1.82) is 0 Å². The highest BCUT2D eigenvalue weighted by atomic mass is 35.5. The molecule has 0 spiro atoms. The molecule has 0 radical (unpaired) electrons. The number of halogens is 1. The Morgan fingerprint density at radius 1 is 1.14 bits per heavy atom. The molecule has 0 atom stereocenters. The molecule has 2 rings (SSSR count). The first-order chi connectivity index (χ1) is 10.7. The highest BCUT2D eigenvalue weighted by Crippen LogP contribution is 2.29. The summed E-state index contributed by atoms with van der Waals surface area (Å²) in [6.45, 7) is 7.02. The summed E-state index contributed by atoms with van der Waals surface area (Å²) >= 11 is 6.22. The fraction of sp³-hybridized carbons (Fsp3) is 0.353. The fourth-order valence-corrected chi connectivity index (χ4v) is 2.34. The second-order valence-electron chi connectivity index (χ2n) is 4.77. The topological polar surface area (TPSA) is 43.4 Å². The molecule has 2 aromatic rings. The van der Waals surface area contributed by atoms with Gasteiger partial charge in [-0.2, -0.15) is 0 Å². The van der Waals surface area contributed by atoms with Crippen molar-refractivity contribution >= 4 is 23.0 Å². The molecule has 1 aromatic carbocycles. The van der Waals surface area contributed by atoms with Crippen LogP contribution in [-0.2, 0) is 9.47 Å². The molecule has 5 heteroatoms. The molecule has 118 valence electrons. The largest absolute Gasteiger partial charge is 0.353 e. The van der Waals surface area contributed by atoms with Gasteiger partial charge in [0.1, 0.15) is 0 Å². The van der Waals surface area contributed by atoms with Crippen LogP contribution < -0.4 is 5.32 Å². The van der Waals surface area contributed by atoms with Gasteiger partial charge in [0, 0.05) is 13.2 Å². The summed E-state index contributed by atoms with van der Waals surface area (Å²) < 4.78 is 11.1. The maximum atomic E-state index is 6.22. The van der Waals surface area contributed by atoms with Gasteiger partial charge in [-0.1, -0.05) is 23.7 Å². The first-order valence-corrected chi connectivity index (χ1v) is 7.74. The van der Waals surface area contributed by atoms with Crippen LogP contribution in [-0.4, -0.2) is 18.2 Å². The van der Waals surface area contributed by atoms with Gasteiger partial charge in [-0.25, -0.2) is 0 Å². The van der Waals surface area contributed by atoms with Crippen molar-refractivity contribution in [3.8, 4) is 0 Å². The van der Waals surface area contributed by atoms with E-state index in [1.54, 1.807) is 6.20 Å². The van der Waals surface area contributed by atoms with Gasteiger partial charge in [0.05, 0.1) is 28.3 Å². The first-order valence-electron chi connectivity index (χ1n) is 7.37. The van der Waals surface area contributed by atoms with Crippen LogP contribution in [0.3, 0.4) is 0 Å². The third-order valence-electron chi connectivity index (χ3n) is 3.16. The zero-order valence-electron chi connectivity index (χ0n) is 13.1. The van der Waals surface area contributed by atoms with Crippen molar-refractivity contribution in [3.05, 3.63) is 52.8 Å². The molecule has 0 unspecified atom stereocenters. The van der Waals surface area contributed by atoms with E-state index in [0.717, 1.165) is 22.6 Å². The molecule has 0 saturated heterocycles. The molecule has 0 aliphatic rings. The number of ether oxygens (including phenoxy) is 2. The van der Waals surface area contributed by atoms with Crippen LogP contribution in [0.5, 0.6) is 0 Å². The molecular formula is C17H21ClN2O2. The summed E-state index contributed by atoms with van der Waals surface area (Å²) in [6.07, 6.45) is 1.33. The van der Waals surface area contributed by atoms with Crippen LogP contribution in [0.2, 0.25) is 5.02 Å². The molecule has 22 heavy (non-hydrogen) atoms. The summed E-state index contributed by atoms with van der Waals surface area (Å²) in [5.41, 5.74) is 3.60. The molecule has 0 aliphatic carbocycles. The van der Waals surface area contributed by atoms with Crippen LogP contribution >= 0.6 is 11.6 Å². The Hall–Kier alpha value is -1.62. The lowest BCUT2D eigenvalue weighted by Crippen LogP contribution is -2.10. The predicted molar refractivity (Wildman–Crippen MR) is 89.7 cm³/mol. The van der Waals surface area contributed by atoms with E-state index < -0.39 is 6.29 Å². The number of pyridine rings is 1. The molecule has 1 N–H and O–H groups in total. The van der Waals surface area contributed by atoms with Crippen LogP contribution in [0, 0.1) is 6.92 Å². The summed E-state index contributed by atoms with van der Waals surface area (Å²) in [5, 5.41) is 3.98. The van der Waals surface area contributed by atoms with Crippen molar-refractivity contribution in [3.63, 3.8) is 0 Å². The van der Waals surface area contributed by atoms with E-state index in [2.05, 4.69) is 10.3 Å². The minimum Gasteiger partial charge on any atom is -0.353 e. The zero-order valence-corrected chi connectivity index (χ0v) is 13.9. The van der Waals surface area contributed by atoms with Crippen LogP contribution in [0.4, 0.5) is 11.4 Å². The number of anilines is 2. The normalized spacial score (nSPS) is 11.0. The van der Waals surface area contributed by atoms with Crippen molar-refractivity contribution in [1.82, 2.24) is 4.98 Å². The van der Waals surface area contributed by atoms with E-state index in [9.17, 15) is 0 Å². The van der Waals surface area contributed by atoms with Gasteiger partial charge in [0.2, 0.25) is 6.29 Å². The quantitative estimate of drug-likeness (QED) is 0.740. The van der Waals surface area contributed by atoms with E-state index in [0.29, 0.717) is 18.2 Å². The van der Waals surface area contributed by atoms with Crippen molar-refractivity contribution in [2.45, 2.75) is 27.1 Å². The number of benzene rings is 1. The monoisotopic (exact) mass is 320 g/mol. The van der Waals surface area contributed by atoms with E-state index in [4.69, 9.17) is 21.1 Å². The third-order valence-corrected chi connectivity index (χ3v) is 3.47. The number of aromatic nitrogens is 1. The molecule has 0 amide bonds. The van der Waals surface area contributed by atoms with Gasteiger partial charge in [-0.15, -0.1) is 0 Å². The number of nitrogens with zero attached hydrogens (tertiary/aromatic N) is 1.